The fraction of sp³-hybridized carbons (Fsp3) is 0.462. The number of alkyl halides is 4. The fourth-order valence-electron chi connectivity index (χ4n) is 2.60. The Labute approximate surface area is 107 Å². The van der Waals surface area contributed by atoms with Crippen LogP contribution < -0.4 is 0 Å². The third kappa shape index (κ3) is 1.73. The van der Waals surface area contributed by atoms with Gasteiger partial charge in [0.25, 0.3) is 0 Å². The first-order valence-electron chi connectivity index (χ1n) is 5.67. The second-order valence-electron chi connectivity index (χ2n) is 4.59. The molecule has 1 aromatic rings. The van der Waals surface area contributed by atoms with Crippen molar-refractivity contribution in [1.82, 2.24) is 0 Å². The van der Waals surface area contributed by atoms with Crippen LogP contribution in [0.5, 0.6) is 0 Å². The van der Waals surface area contributed by atoms with Crippen LogP contribution in [0.1, 0.15) is 22.8 Å². The molecular weight excluding hydrogens is 264 g/mol. The molecule has 0 saturated heterocycles. The highest BCUT2D eigenvalue weighted by Gasteiger charge is 2.79. The zero-order chi connectivity index (χ0) is 14.4. The van der Waals surface area contributed by atoms with E-state index in [9.17, 15) is 22.4 Å². The molecule has 3 atom stereocenters. The molecule has 2 rings (SSSR count). The maximum Gasteiger partial charge on any atom is 0.401 e. The van der Waals surface area contributed by atoms with Crippen LogP contribution in [-0.2, 0) is 10.2 Å². The van der Waals surface area contributed by atoms with Crippen LogP contribution in [0.4, 0.5) is 17.6 Å². The molecule has 6 heteroatoms. The molecule has 0 N–H and O–H groups in total. The summed E-state index contributed by atoms with van der Waals surface area (Å²) in [4.78, 5) is 11.5. The van der Waals surface area contributed by atoms with E-state index in [4.69, 9.17) is 0 Å². The maximum absolute atomic E-state index is 13.7. The molecule has 1 aromatic carbocycles. The van der Waals surface area contributed by atoms with Crippen LogP contribution in [0.25, 0.3) is 0 Å². The SMILES string of the molecule is COC(=O)c1ccccc1C1(C(F)(F)F)C(C)C1F. The van der Waals surface area contributed by atoms with Crippen LogP contribution in [0.15, 0.2) is 24.3 Å². The van der Waals surface area contributed by atoms with E-state index in [1.165, 1.54) is 25.1 Å². The Kier molecular flexibility index (Phi) is 3.07. The number of carbonyl (C=O) groups excluding carboxylic acids is 1. The number of rotatable bonds is 2. The van der Waals surface area contributed by atoms with Crippen molar-refractivity contribution in [2.75, 3.05) is 7.11 Å². The van der Waals surface area contributed by atoms with Crippen LogP contribution in [-0.4, -0.2) is 25.4 Å². The third-order valence-corrected chi connectivity index (χ3v) is 3.73. The molecule has 1 aliphatic rings. The van der Waals surface area contributed by atoms with E-state index >= 15 is 0 Å². The Hall–Kier alpha value is -1.59. The van der Waals surface area contributed by atoms with Crippen molar-refractivity contribution in [2.24, 2.45) is 5.92 Å². The minimum absolute atomic E-state index is 0.241. The van der Waals surface area contributed by atoms with Gasteiger partial charge >= 0.3 is 12.1 Å². The Balaban J connectivity index is 2.61. The molecule has 2 nitrogen and oxygen atoms in total. The highest BCUT2D eigenvalue weighted by atomic mass is 19.4. The summed E-state index contributed by atoms with van der Waals surface area (Å²) in [5, 5.41) is 0. The van der Waals surface area contributed by atoms with Crippen molar-refractivity contribution in [2.45, 2.75) is 24.7 Å². The Morgan fingerprint density at radius 1 is 1.32 bits per heavy atom. The normalized spacial score (nSPS) is 30.0. The average molecular weight is 276 g/mol. The monoisotopic (exact) mass is 276 g/mol. The van der Waals surface area contributed by atoms with Crippen LogP contribution in [0.3, 0.4) is 0 Å². The Morgan fingerprint density at radius 2 is 1.84 bits per heavy atom. The standard InChI is InChI=1S/C13H12F4O2/c1-7-10(14)12(7,13(15,16)17)9-6-4-3-5-8(9)11(18)19-2/h3-7,10H,1-2H3. The topological polar surface area (TPSA) is 26.3 Å². The zero-order valence-corrected chi connectivity index (χ0v) is 10.3. The molecular formula is C13H12F4O2. The van der Waals surface area contributed by atoms with Gasteiger partial charge in [-0.1, -0.05) is 25.1 Å². The first-order chi connectivity index (χ1) is 8.78. The predicted molar refractivity (Wildman–Crippen MR) is 59.6 cm³/mol. The van der Waals surface area contributed by atoms with Gasteiger partial charge in [0, 0.05) is 5.92 Å². The van der Waals surface area contributed by atoms with Gasteiger partial charge in [-0.3, -0.25) is 0 Å². The molecule has 0 spiro atoms. The van der Waals surface area contributed by atoms with E-state index in [2.05, 4.69) is 4.74 Å². The van der Waals surface area contributed by atoms with Gasteiger partial charge in [-0.25, -0.2) is 9.18 Å². The minimum Gasteiger partial charge on any atom is -0.465 e. The highest BCUT2D eigenvalue weighted by Crippen LogP contribution is 2.65. The molecule has 1 fully saturated rings. The van der Waals surface area contributed by atoms with Crippen molar-refractivity contribution < 1.29 is 27.1 Å². The van der Waals surface area contributed by atoms with Crippen LogP contribution >= 0.6 is 0 Å². The van der Waals surface area contributed by atoms with E-state index in [1.54, 1.807) is 0 Å². The van der Waals surface area contributed by atoms with E-state index in [-0.39, 0.29) is 11.1 Å². The van der Waals surface area contributed by atoms with Crippen molar-refractivity contribution in [3.63, 3.8) is 0 Å². The summed E-state index contributed by atoms with van der Waals surface area (Å²) in [6.07, 6.45) is -6.80. The number of esters is 1. The lowest BCUT2D eigenvalue weighted by Crippen LogP contribution is -2.34. The van der Waals surface area contributed by atoms with Crippen molar-refractivity contribution in [3.8, 4) is 0 Å². The van der Waals surface area contributed by atoms with Gasteiger partial charge in [0.15, 0.2) is 0 Å². The molecule has 0 radical (unpaired) electrons. The van der Waals surface area contributed by atoms with Gasteiger partial charge in [-0.15, -0.1) is 0 Å². The Morgan fingerprint density at radius 3 is 2.26 bits per heavy atom. The summed E-state index contributed by atoms with van der Waals surface area (Å²) >= 11 is 0. The van der Waals surface area contributed by atoms with E-state index in [0.717, 1.165) is 13.2 Å². The molecule has 0 aliphatic heterocycles. The number of carbonyl (C=O) groups is 1. The summed E-state index contributed by atoms with van der Waals surface area (Å²) < 4.78 is 57.8. The summed E-state index contributed by atoms with van der Waals surface area (Å²) in [7, 11) is 1.07. The zero-order valence-electron chi connectivity index (χ0n) is 10.3. The first kappa shape index (κ1) is 13.8. The average Bonchev–Trinajstić information content (AvgIpc) is 2.92. The summed E-state index contributed by atoms with van der Waals surface area (Å²) in [5.74, 6) is -2.11. The maximum atomic E-state index is 13.7. The fourth-order valence-corrected chi connectivity index (χ4v) is 2.60. The largest absolute Gasteiger partial charge is 0.465 e. The van der Waals surface area contributed by atoms with Crippen molar-refractivity contribution >= 4 is 5.97 Å². The lowest BCUT2D eigenvalue weighted by molar-refractivity contribution is -0.168. The predicted octanol–water partition coefficient (Wildman–Crippen LogP) is 3.26. The molecule has 0 amide bonds. The summed E-state index contributed by atoms with van der Waals surface area (Å²) in [6.45, 7) is 1.19. The number of halogens is 4. The molecule has 3 unspecified atom stereocenters. The number of methoxy groups -OCH3 is 1. The highest BCUT2D eigenvalue weighted by molar-refractivity contribution is 5.92. The number of hydrogen-bond donors (Lipinski definition) is 0. The molecule has 104 valence electrons. The number of benzene rings is 1. The van der Waals surface area contributed by atoms with Gasteiger partial charge in [0.05, 0.1) is 12.7 Å². The van der Waals surface area contributed by atoms with Gasteiger partial charge in [0.2, 0.25) is 0 Å². The number of hydrogen-bond acceptors (Lipinski definition) is 2. The van der Waals surface area contributed by atoms with Gasteiger partial charge in [-0.05, 0) is 11.6 Å². The molecule has 0 bridgehead atoms. The lowest BCUT2D eigenvalue weighted by atomic mass is 9.88. The van der Waals surface area contributed by atoms with Crippen LogP contribution in [0, 0.1) is 5.92 Å². The molecule has 0 aromatic heterocycles. The minimum atomic E-state index is -4.75. The summed E-state index contributed by atoms with van der Waals surface area (Å²) in [6, 6.07) is 5.12. The molecule has 1 aliphatic carbocycles. The molecule has 1 saturated carbocycles. The van der Waals surface area contributed by atoms with E-state index in [0.29, 0.717) is 0 Å². The van der Waals surface area contributed by atoms with Crippen molar-refractivity contribution in [1.29, 1.82) is 0 Å². The molecule has 19 heavy (non-hydrogen) atoms. The first-order valence-corrected chi connectivity index (χ1v) is 5.67. The van der Waals surface area contributed by atoms with E-state index < -0.39 is 29.7 Å². The number of ether oxygens (including phenoxy) is 1. The second-order valence-corrected chi connectivity index (χ2v) is 4.59. The van der Waals surface area contributed by atoms with Crippen LogP contribution in [0.2, 0.25) is 0 Å². The Bertz CT molecular complexity index is 502. The van der Waals surface area contributed by atoms with E-state index in [1.807, 2.05) is 0 Å². The van der Waals surface area contributed by atoms with Gasteiger partial charge in [0.1, 0.15) is 11.6 Å². The van der Waals surface area contributed by atoms with Gasteiger partial charge < -0.3 is 4.74 Å². The lowest BCUT2D eigenvalue weighted by Gasteiger charge is -2.22. The third-order valence-electron chi connectivity index (χ3n) is 3.73. The smallest absolute Gasteiger partial charge is 0.401 e. The second kappa shape index (κ2) is 4.21. The van der Waals surface area contributed by atoms with Crippen molar-refractivity contribution in [3.05, 3.63) is 35.4 Å². The van der Waals surface area contributed by atoms with Gasteiger partial charge in [-0.2, -0.15) is 13.2 Å². The molecule has 0 heterocycles. The summed E-state index contributed by atoms with van der Waals surface area (Å²) in [5.41, 5.74) is -3.19. The quantitative estimate of drug-likeness (QED) is 0.612.